The van der Waals surface area contributed by atoms with Crippen LogP contribution >= 0.6 is 0 Å². The van der Waals surface area contributed by atoms with E-state index in [1.165, 1.54) is 0 Å². The number of hydrogen-bond donors (Lipinski definition) is 2. The Kier molecular flexibility index (Phi) is 8.85. The van der Waals surface area contributed by atoms with Crippen LogP contribution in [0.2, 0.25) is 0 Å². The fourth-order valence-electron chi connectivity index (χ4n) is 4.43. The van der Waals surface area contributed by atoms with Gasteiger partial charge in [-0.1, -0.05) is 20.3 Å². The molecule has 0 bridgehead atoms. The number of carbonyl (C=O) groups is 4. The Morgan fingerprint density at radius 3 is 2.57 bits per heavy atom. The molecule has 3 saturated heterocycles. The van der Waals surface area contributed by atoms with Gasteiger partial charge in [-0.25, -0.2) is 8.78 Å². The molecule has 198 valence electrons. The van der Waals surface area contributed by atoms with Crippen LogP contribution in [-0.4, -0.2) is 84.4 Å². The van der Waals surface area contributed by atoms with Crippen molar-refractivity contribution in [1.82, 2.24) is 15.5 Å². The van der Waals surface area contributed by atoms with Crippen molar-refractivity contribution in [1.29, 1.82) is 0 Å². The van der Waals surface area contributed by atoms with E-state index in [1.54, 1.807) is 6.92 Å². The van der Waals surface area contributed by atoms with Gasteiger partial charge in [0.1, 0.15) is 17.7 Å². The molecule has 0 aromatic heterocycles. The summed E-state index contributed by atoms with van der Waals surface area (Å²) in [5.74, 6) is -5.09. The molecule has 9 nitrogen and oxygen atoms in total. The maximum absolute atomic E-state index is 14.1. The van der Waals surface area contributed by atoms with Crippen LogP contribution in [0.25, 0.3) is 0 Å². The van der Waals surface area contributed by atoms with Crippen LogP contribution in [0.4, 0.5) is 8.78 Å². The van der Waals surface area contributed by atoms with Crippen molar-refractivity contribution in [3.05, 3.63) is 0 Å². The summed E-state index contributed by atoms with van der Waals surface area (Å²) >= 11 is 0. The van der Waals surface area contributed by atoms with E-state index in [4.69, 9.17) is 9.47 Å². The van der Waals surface area contributed by atoms with Gasteiger partial charge in [-0.3, -0.25) is 19.2 Å². The molecule has 4 atom stereocenters. The normalized spacial score (nSPS) is 30.4. The summed E-state index contributed by atoms with van der Waals surface area (Å²) in [5, 5.41) is 5.23. The molecule has 2 N–H and O–H groups in total. The Bertz CT molecular complexity index is 817. The van der Waals surface area contributed by atoms with E-state index in [0.29, 0.717) is 44.6 Å². The molecule has 0 aromatic carbocycles. The predicted octanol–water partition coefficient (Wildman–Crippen LogP) is 1.58. The predicted molar refractivity (Wildman–Crippen MR) is 122 cm³/mol. The zero-order valence-electron chi connectivity index (χ0n) is 20.7. The van der Waals surface area contributed by atoms with Crippen LogP contribution in [0, 0.1) is 5.92 Å². The number of nitrogens with zero attached hydrogens (tertiary/aromatic N) is 1. The molecule has 3 amide bonds. The largest absolute Gasteiger partial charge is 0.379 e. The van der Waals surface area contributed by atoms with E-state index >= 15 is 0 Å². The molecule has 0 radical (unpaired) electrons. The van der Waals surface area contributed by atoms with Gasteiger partial charge in [0, 0.05) is 19.4 Å². The average molecular weight is 502 g/mol. The van der Waals surface area contributed by atoms with Gasteiger partial charge in [0.2, 0.25) is 17.7 Å². The third-order valence-electron chi connectivity index (χ3n) is 6.75. The van der Waals surface area contributed by atoms with Crippen molar-refractivity contribution >= 4 is 23.5 Å². The molecular weight excluding hydrogens is 464 g/mol. The van der Waals surface area contributed by atoms with E-state index in [0.717, 1.165) is 4.90 Å². The molecule has 0 saturated carbocycles. The number of hydrogen-bond acceptors (Lipinski definition) is 6. The van der Waals surface area contributed by atoms with E-state index < -0.39 is 60.3 Å². The molecule has 3 aliphatic rings. The quantitative estimate of drug-likeness (QED) is 0.512. The Hall–Kier alpha value is -2.14. The summed E-state index contributed by atoms with van der Waals surface area (Å²) in [7, 11) is 0. The maximum Gasteiger partial charge on any atom is 0.267 e. The van der Waals surface area contributed by atoms with Crippen molar-refractivity contribution in [2.24, 2.45) is 5.92 Å². The number of ketones is 1. The first-order chi connectivity index (χ1) is 16.4. The lowest BCUT2D eigenvalue weighted by atomic mass is 9.94. The highest BCUT2D eigenvalue weighted by Crippen LogP contribution is 2.33. The van der Waals surface area contributed by atoms with E-state index in [1.807, 2.05) is 13.8 Å². The topological polar surface area (TPSA) is 117 Å². The molecule has 0 spiro atoms. The molecule has 35 heavy (non-hydrogen) atoms. The number of carbonyl (C=O) groups excluding carboxylic acids is 4. The van der Waals surface area contributed by atoms with Crippen LogP contribution < -0.4 is 10.6 Å². The number of fused-ring (bicyclic) bond motifs is 1. The lowest BCUT2D eigenvalue weighted by molar-refractivity contribution is -0.140. The number of ether oxygens (including phenoxy) is 2. The minimum atomic E-state index is -3.18. The molecule has 3 rings (SSSR count). The van der Waals surface area contributed by atoms with Crippen LogP contribution in [-0.2, 0) is 28.7 Å². The van der Waals surface area contributed by atoms with Crippen LogP contribution in [0.5, 0.6) is 0 Å². The highest BCUT2D eigenvalue weighted by Gasteiger charge is 2.51. The number of rotatable bonds is 7. The summed E-state index contributed by atoms with van der Waals surface area (Å²) in [6.07, 6.45) is 2.15. The van der Waals surface area contributed by atoms with Gasteiger partial charge >= 0.3 is 0 Å². The number of amides is 3. The van der Waals surface area contributed by atoms with Gasteiger partial charge in [-0.2, -0.15) is 0 Å². The summed E-state index contributed by atoms with van der Waals surface area (Å²) in [6, 6.07) is -3.38. The molecule has 11 heteroatoms. The minimum Gasteiger partial charge on any atom is -0.379 e. The highest BCUT2D eigenvalue weighted by atomic mass is 19.3. The second-order valence-corrected chi connectivity index (χ2v) is 10.5. The van der Waals surface area contributed by atoms with Gasteiger partial charge in [0.05, 0.1) is 25.8 Å². The molecule has 3 aliphatic heterocycles. The zero-order chi connectivity index (χ0) is 25.8. The Morgan fingerprint density at radius 1 is 1.20 bits per heavy atom. The van der Waals surface area contributed by atoms with Gasteiger partial charge in [-0.05, 0) is 38.5 Å². The first kappa shape index (κ1) is 27.4. The van der Waals surface area contributed by atoms with E-state index in [-0.39, 0.29) is 25.4 Å². The zero-order valence-corrected chi connectivity index (χ0v) is 20.7. The minimum absolute atomic E-state index is 0.0737. The lowest BCUT2D eigenvalue weighted by Gasteiger charge is -2.27. The third-order valence-corrected chi connectivity index (χ3v) is 6.75. The Labute approximate surface area is 204 Å². The Morgan fingerprint density at radius 2 is 1.91 bits per heavy atom. The third kappa shape index (κ3) is 7.42. The molecule has 0 unspecified atom stereocenters. The monoisotopic (exact) mass is 501 g/mol. The van der Waals surface area contributed by atoms with Crippen LogP contribution in [0.3, 0.4) is 0 Å². The van der Waals surface area contributed by atoms with Crippen molar-refractivity contribution < 1.29 is 37.4 Å². The summed E-state index contributed by atoms with van der Waals surface area (Å²) < 4.78 is 39.2. The smallest absolute Gasteiger partial charge is 0.267 e. The fraction of sp³-hybridized carbons (Fsp3) is 0.833. The van der Waals surface area contributed by atoms with Crippen molar-refractivity contribution in [3.8, 4) is 0 Å². The fourth-order valence-corrected chi connectivity index (χ4v) is 4.43. The molecule has 3 fully saturated rings. The standard InChI is InChI=1S/C24H37F2N3O6/c1-15(2)8-9-16(20(31)23(3)14-35-23)27-21(32)17-12-34-10-6-4-5-7-19(30)29-13-24(25,26)11-18(29)22(33)28-17/h15-18H,4-14H2,1-3H3,(H,27,32)(H,28,33)/t16-,17-,18-,23+/m0/s1. The SMILES string of the molecule is CC(C)CC[C@H](NC(=O)[C@@H]1COCCCCCC(=O)N2CC(F)(F)C[C@H]2C(=O)N1)C(=O)[C@@]1(C)CO1. The van der Waals surface area contributed by atoms with Crippen molar-refractivity contribution in [2.45, 2.75) is 95.4 Å². The first-order valence-corrected chi connectivity index (χ1v) is 12.5. The number of Topliss-reactive ketones (excluding diaryl/α,β-unsaturated/α-hetero) is 1. The lowest BCUT2D eigenvalue weighted by Crippen LogP contribution is -2.57. The van der Waals surface area contributed by atoms with Gasteiger partial charge in [-0.15, -0.1) is 0 Å². The molecule has 3 heterocycles. The van der Waals surface area contributed by atoms with Gasteiger partial charge < -0.3 is 25.0 Å². The van der Waals surface area contributed by atoms with E-state index in [9.17, 15) is 28.0 Å². The average Bonchev–Trinajstić information content (AvgIpc) is 3.44. The maximum atomic E-state index is 14.1. The summed E-state index contributed by atoms with van der Waals surface area (Å²) in [6.45, 7) is 5.29. The van der Waals surface area contributed by atoms with Gasteiger partial charge in [0.15, 0.2) is 5.78 Å². The Balaban J connectivity index is 1.75. The second-order valence-electron chi connectivity index (χ2n) is 10.5. The van der Waals surface area contributed by atoms with E-state index in [2.05, 4.69) is 10.6 Å². The number of alkyl halides is 2. The highest BCUT2D eigenvalue weighted by molar-refractivity contribution is 5.98. The molecular formula is C24H37F2N3O6. The van der Waals surface area contributed by atoms with Gasteiger partial charge in [0.25, 0.3) is 5.92 Å². The number of epoxide rings is 1. The number of halogens is 2. The summed E-state index contributed by atoms with van der Waals surface area (Å²) in [5.41, 5.74) is -0.935. The molecule has 0 aliphatic carbocycles. The van der Waals surface area contributed by atoms with Crippen molar-refractivity contribution in [3.63, 3.8) is 0 Å². The molecule has 0 aromatic rings. The van der Waals surface area contributed by atoms with Crippen molar-refractivity contribution in [2.75, 3.05) is 26.4 Å². The second kappa shape index (κ2) is 11.3. The number of nitrogens with one attached hydrogen (secondary N) is 2. The summed E-state index contributed by atoms with van der Waals surface area (Å²) in [4.78, 5) is 52.6. The van der Waals surface area contributed by atoms with Crippen LogP contribution in [0.1, 0.15) is 65.7 Å². The first-order valence-electron chi connectivity index (χ1n) is 12.5. The van der Waals surface area contributed by atoms with Crippen LogP contribution in [0.15, 0.2) is 0 Å².